The molecule has 5 rings (SSSR count). The van der Waals surface area contributed by atoms with Crippen LogP contribution in [-0.4, -0.2) is 68.7 Å². The van der Waals surface area contributed by atoms with E-state index in [2.05, 4.69) is 25.4 Å². The molecular formula is C24H32N6O4. The third-order valence-corrected chi connectivity index (χ3v) is 6.46. The smallest absolute Gasteiger partial charge is 0.252 e. The summed E-state index contributed by atoms with van der Waals surface area (Å²) in [4.78, 5) is 18.1. The van der Waals surface area contributed by atoms with Gasteiger partial charge in [0.2, 0.25) is 0 Å². The van der Waals surface area contributed by atoms with Gasteiger partial charge in [-0.05, 0) is 67.3 Å². The Kier molecular flexibility index (Phi) is 7.17. The number of ether oxygens (including phenoxy) is 3. The summed E-state index contributed by atoms with van der Waals surface area (Å²) in [6.45, 7) is 6.48. The van der Waals surface area contributed by atoms with Crippen molar-refractivity contribution in [1.82, 2.24) is 30.1 Å². The molecule has 2 atom stereocenters. The minimum absolute atomic E-state index is 0.0899. The number of aromatic nitrogens is 5. The molecule has 10 heteroatoms. The molecule has 2 aliphatic rings. The first-order valence-electron chi connectivity index (χ1n) is 12.2. The number of nitrogens with zero attached hydrogens (tertiary/aromatic N) is 5. The van der Waals surface area contributed by atoms with Gasteiger partial charge in [-0.25, -0.2) is 4.68 Å². The summed E-state index contributed by atoms with van der Waals surface area (Å²) in [6.07, 6.45) is 4.47. The lowest BCUT2D eigenvalue weighted by Gasteiger charge is -2.25. The van der Waals surface area contributed by atoms with Crippen molar-refractivity contribution in [2.45, 2.75) is 64.4 Å². The molecule has 0 bridgehead atoms. The molecule has 1 N–H and O–H groups in total. The molecule has 0 saturated carbocycles. The van der Waals surface area contributed by atoms with E-state index in [1.54, 1.807) is 0 Å². The molecule has 2 unspecified atom stereocenters. The van der Waals surface area contributed by atoms with Crippen LogP contribution in [0.4, 0.5) is 0 Å². The predicted octanol–water partition coefficient (Wildman–Crippen LogP) is 2.27. The SMILES string of the molecule is CCOc1ccc2[nH]c(=O)c(CN(Cc3nnnn3CC3CCCO3)CC3CCCO3)cc2c1. The molecule has 10 nitrogen and oxygen atoms in total. The number of aromatic amines is 1. The lowest BCUT2D eigenvalue weighted by Crippen LogP contribution is -2.34. The lowest BCUT2D eigenvalue weighted by molar-refractivity contribution is 0.0647. The Morgan fingerprint density at radius 3 is 2.74 bits per heavy atom. The van der Waals surface area contributed by atoms with Gasteiger partial charge in [0.1, 0.15) is 5.75 Å². The Morgan fingerprint density at radius 2 is 1.97 bits per heavy atom. The highest BCUT2D eigenvalue weighted by atomic mass is 16.5. The van der Waals surface area contributed by atoms with Gasteiger partial charge >= 0.3 is 0 Å². The minimum Gasteiger partial charge on any atom is -0.494 e. The highest BCUT2D eigenvalue weighted by Crippen LogP contribution is 2.21. The molecule has 0 amide bonds. The van der Waals surface area contributed by atoms with Crippen LogP contribution < -0.4 is 10.3 Å². The molecule has 2 fully saturated rings. The Labute approximate surface area is 198 Å². The summed E-state index contributed by atoms with van der Waals surface area (Å²) >= 11 is 0. The van der Waals surface area contributed by atoms with Crippen molar-refractivity contribution >= 4 is 10.9 Å². The van der Waals surface area contributed by atoms with Crippen molar-refractivity contribution in [2.75, 3.05) is 26.4 Å². The topological polar surface area (TPSA) is 107 Å². The van der Waals surface area contributed by atoms with Gasteiger partial charge in [0.15, 0.2) is 5.82 Å². The van der Waals surface area contributed by atoms with E-state index in [4.69, 9.17) is 14.2 Å². The van der Waals surface area contributed by atoms with Crippen LogP contribution in [0.1, 0.15) is 44.0 Å². The van der Waals surface area contributed by atoms with Gasteiger partial charge in [-0.2, -0.15) is 0 Å². The van der Waals surface area contributed by atoms with Gasteiger partial charge in [0.05, 0.1) is 31.9 Å². The Bertz CT molecular complexity index is 1150. The molecule has 4 heterocycles. The van der Waals surface area contributed by atoms with Crippen molar-refractivity contribution in [3.8, 4) is 5.75 Å². The van der Waals surface area contributed by atoms with Gasteiger partial charge in [0, 0.05) is 42.8 Å². The van der Waals surface area contributed by atoms with E-state index >= 15 is 0 Å². The fourth-order valence-corrected chi connectivity index (χ4v) is 4.77. The standard InChI is InChI=1S/C24H32N6O4/c1-2-32-19-7-8-22-17(12-19)11-18(24(31)25-22)13-29(14-20-5-3-9-33-20)16-23-26-27-28-30(23)15-21-6-4-10-34-21/h7-8,11-12,20-21H,2-6,9-10,13-16H2,1H3,(H,25,31). The fraction of sp³-hybridized carbons (Fsp3) is 0.583. The maximum atomic E-state index is 12.9. The van der Waals surface area contributed by atoms with Gasteiger partial charge in [-0.1, -0.05) is 0 Å². The first-order valence-corrected chi connectivity index (χ1v) is 12.2. The number of hydrogen-bond donors (Lipinski definition) is 1. The summed E-state index contributed by atoms with van der Waals surface area (Å²) < 4.78 is 19.1. The van der Waals surface area contributed by atoms with Gasteiger partial charge in [-0.3, -0.25) is 9.69 Å². The van der Waals surface area contributed by atoms with Crippen LogP contribution in [0.15, 0.2) is 29.1 Å². The van der Waals surface area contributed by atoms with Crippen LogP contribution in [0.25, 0.3) is 10.9 Å². The second kappa shape index (κ2) is 10.6. The van der Waals surface area contributed by atoms with Crippen molar-refractivity contribution in [1.29, 1.82) is 0 Å². The molecule has 3 aromatic rings. The maximum Gasteiger partial charge on any atom is 0.252 e. The Balaban J connectivity index is 1.38. The summed E-state index contributed by atoms with van der Waals surface area (Å²) in [7, 11) is 0. The van der Waals surface area contributed by atoms with Crippen LogP contribution in [0.5, 0.6) is 5.75 Å². The average Bonchev–Trinajstić information content (AvgIpc) is 3.60. The van der Waals surface area contributed by atoms with Crippen LogP contribution in [0, 0.1) is 0 Å². The van der Waals surface area contributed by atoms with Crippen LogP contribution >= 0.6 is 0 Å². The van der Waals surface area contributed by atoms with E-state index in [1.807, 2.05) is 35.9 Å². The van der Waals surface area contributed by atoms with Crippen LogP contribution in [0.2, 0.25) is 0 Å². The van der Waals surface area contributed by atoms with E-state index in [-0.39, 0.29) is 17.8 Å². The number of benzene rings is 1. The normalized spacial score (nSPS) is 20.5. The molecule has 2 aromatic heterocycles. The first kappa shape index (κ1) is 22.9. The minimum atomic E-state index is -0.0899. The number of nitrogens with one attached hydrogen (secondary N) is 1. The molecule has 182 valence electrons. The zero-order valence-corrected chi connectivity index (χ0v) is 19.6. The molecule has 2 aliphatic heterocycles. The van der Waals surface area contributed by atoms with Crippen molar-refractivity contribution in [2.24, 2.45) is 0 Å². The second-order valence-electron chi connectivity index (χ2n) is 9.02. The lowest BCUT2D eigenvalue weighted by atomic mass is 10.1. The average molecular weight is 469 g/mol. The van der Waals surface area contributed by atoms with E-state index < -0.39 is 0 Å². The molecule has 0 spiro atoms. The Hall–Kier alpha value is -2.82. The molecular weight excluding hydrogens is 436 g/mol. The maximum absolute atomic E-state index is 12.9. The predicted molar refractivity (Wildman–Crippen MR) is 126 cm³/mol. The summed E-state index contributed by atoms with van der Waals surface area (Å²) in [5, 5.41) is 13.3. The summed E-state index contributed by atoms with van der Waals surface area (Å²) in [5.74, 6) is 1.56. The quantitative estimate of drug-likeness (QED) is 0.483. The number of tetrazole rings is 1. The second-order valence-corrected chi connectivity index (χ2v) is 9.02. The van der Waals surface area contributed by atoms with Crippen LogP contribution in [0.3, 0.4) is 0 Å². The number of pyridine rings is 1. The molecule has 2 saturated heterocycles. The van der Waals surface area contributed by atoms with Gasteiger partial charge < -0.3 is 19.2 Å². The van der Waals surface area contributed by atoms with Gasteiger partial charge in [-0.15, -0.1) is 5.10 Å². The first-order chi connectivity index (χ1) is 16.7. The largest absolute Gasteiger partial charge is 0.494 e. The number of hydrogen-bond acceptors (Lipinski definition) is 8. The third kappa shape index (κ3) is 5.45. The number of H-pyrrole nitrogens is 1. The van der Waals surface area contributed by atoms with E-state index in [0.717, 1.165) is 61.4 Å². The monoisotopic (exact) mass is 468 g/mol. The molecule has 0 aliphatic carbocycles. The van der Waals surface area contributed by atoms with E-state index in [1.165, 1.54) is 0 Å². The van der Waals surface area contributed by atoms with E-state index in [0.29, 0.717) is 38.3 Å². The van der Waals surface area contributed by atoms with Crippen LogP contribution in [-0.2, 0) is 29.1 Å². The third-order valence-electron chi connectivity index (χ3n) is 6.46. The molecule has 34 heavy (non-hydrogen) atoms. The number of fused-ring (bicyclic) bond motifs is 1. The van der Waals surface area contributed by atoms with Gasteiger partial charge in [0.25, 0.3) is 5.56 Å². The van der Waals surface area contributed by atoms with Crippen molar-refractivity contribution in [3.05, 3.63) is 46.0 Å². The Morgan fingerprint density at radius 1 is 1.15 bits per heavy atom. The van der Waals surface area contributed by atoms with Crippen molar-refractivity contribution < 1.29 is 14.2 Å². The number of rotatable bonds is 10. The molecule has 1 aromatic carbocycles. The van der Waals surface area contributed by atoms with E-state index in [9.17, 15) is 4.79 Å². The summed E-state index contributed by atoms with van der Waals surface area (Å²) in [5.41, 5.74) is 1.40. The fourth-order valence-electron chi connectivity index (χ4n) is 4.77. The van der Waals surface area contributed by atoms with Crippen molar-refractivity contribution in [3.63, 3.8) is 0 Å². The summed E-state index contributed by atoms with van der Waals surface area (Å²) in [6, 6.07) is 7.67. The highest BCUT2D eigenvalue weighted by Gasteiger charge is 2.24. The highest BCUT2D eigenvalue weighted by molar-refractivity contribution is 5.80. The zero-order chi connectivity index (χ0) is 23.3. The zero-order valence-electron chi connectivity index (χ0n) is 19.6. The molecule has 0 radical (unpaired) electrons.